The molecule has 27 heavy (non-hydrogen) atoms. The average Bonchev–Trinajstić information content (AvgIpc) is 2.90. The fourth-order valence-electron chi connectivity index (χ4n) is 3.77. The van der Waals surface area contributed by atoms with Gasteiger partial charge in [-0.3, -0.25) is 4.79 Å². The Kier molecular flexibility index (Phi) is 5.36. The predicted molar refractivity (Wildman–Crippen MR) is 104 cm³/mol. The number of allylic oxidation sites excluding steroid dienone is 1. The molecule has 0 aliphatic heterocycles. The van der Waals surface area contributed by atoms with E-state index in [4.69, 9.17) is 5.73 Å². The number of nitrogens with one attached hydrogen (secondary N) is 2. The summed E-state index contributed by atoms with van der Waals surface area (Å²) in [6, 6.07) is 1.21. The van der Waals surface area contributed by atoms with Crippen LogP contribution in [0.5, 0.6) is 0 Å². The number of hydrogen-bond donors (Lipinski definition) is 4. The van der Waals surface area contributed by atoms with Gasteiger partial charge in [0.15, 0.2) is 0 Å². The lowest BCUT2D eigenvalue weighted by Gasteiger charge is -2.24. The second-order valence-electron chi connectivity index (χ2n) is 6.95. The lowest BCUT2D eigenvalue weighted by Crippen LogP contribution is -2.35. The molecule has 1 heterocycles. The van der Waals surface area contributed by atoms with Gasteiger partial charge in [-0.25, -0.2) is 4.39 Å². The fraction of sp³-hybridized carbons (Fsp3) is 0.381. The molecule has 0 spiro atoms. The molecule has 5 N–H and O–H groups in total. The Balaban J connectivity index is 2.07. The summed E-state index contributed by atoms with van der Waals surface area (Å²) in [6.45, 7) is 5.44. The van der Waals surface area contributed by atoms with Crippen LogP contribution in [0.15, 0.2) is 12.1 Å². The Labute approximate surface area is 157 Å². The fourth-order valence-corrected chi connectivity index (χ4v) is 3.77. The molecule has 0 fully saturated rings. The van der Waals surface area contributed by atoms with E-state index >= 15 is 4.39 Å². The molecule has 2 aromatic rings. The van der Waals surface area contributed by atoms with Crippen LogP contribution in [0.25, 0.3) is 16.5 Å². The first kappa shape index (κ1) is 19.2. The molecule has 142 valence electrons. The standard InChI is InChI=1S/C21H24FN3O2/c1-4-6-17(26)25-14-8-5-7-13(9-14)19-16(22)10-15(21(23)27)20-18(19)11(2)12(3)24-20/h7,10,14,21,24,27H,5,8-9,23H2,1-3H3,(H,25,26)/t14-,21?/m0/s1. The van der Waals surface area contributed by atoms with Crippen LogP contribution in [0.2, 0.25) is 0 Å². The van der Waals surface area contributed by atoms with E-state index in [0.29, 0.717) is 23.1 Å². The van der Waals surface area contributed by atoms with E-state index < -0.39 is 12.0 Å². The lowest BCUT2D eigenvalue weighted by atomic mass is 9.86. The third-order valence-corrected chi connectivity index (χ3v) is 5.15. The number of aliphatic hydroxyl groups excluding tert-OH is 1. The quantitative estimate of drug-likeness (QED) is 0.495. The maximum atomic E-state index is 15.1. The van der Waals surface area contributed by atoms with Crippen molar-refractivity contribution < 1.29 is 14.3 Å². The molecular formula is C21H24FN3O2. The molecule has 1 aromatic carbocycles. The van der Waals surface area contributed by atoms with Crippen LogP contribution < -0.4 is 11.1 Å². The SMILES string of the molecule is CC#CC(=O)N[C@H]1CCC=C(c2c(F)cc(C(N)O)c3[nH]c(C)c(C)c23)C1. The highest BCUT2D eigenvalue weighted by molar-refractivity contribution is 5.98. The van der Waals surface area contributed by atoms with Gasteiger partial charge in [-0.1, -0.05) is 12.0 Å². The summed E-state index contributed by atoms with van der Waals surface area (Å²) in [5.41, 5.74) is 9.80. The van der Waals surface area contributed by atoms with Crippen molar-refractivity contribution in [3.63, 3.8) is 0 Å². The number of carbonyl (C=O) groups is 1. The van der Waals surface area contributed by atoms with E-state index in [1.165, 1.54) is 6.07 Å². The number of aliphatic hydroxyl groups is 1. The molecule has 1 aliphatic rings. The van der Waals surface area contributed by atoms with Crippen molar-refractivity contribution in [2.24, 2.45) is 5.73 Å². The van der Waals surface area contributed by atoms with Crippen molar-refractivity contribution in [2.75, 3.05) is 0 Å². The summed E-state index contributed by atoms with van der Waals surface area (Å²) in [4.78, 5) is 15.0. The molecule has 5 nitrogen and oxygen atoms in total. The van der Waals surface area contributed by atoms with E-state index in [1.807, 2.05) is 19.9 Å². The normalized spacial score (nSPS) is 17.9. The number of amides is 1. The maximum Gasteiger partial charge on any atom is 0.296 e. The molecule has 1 aliphatic carbocycles. The number of rotatable bonds is 3. The number of halogens is 1. The number of benzene rings is 1. The summed E-state index contributed by atoms with van der Waals surface area (Å²) in [6.07, 6.45) is 2.80. The monoisotopic (exact) mass is 369 g/mol. The van der Waals surface area contributed by atoms with Gasteiger partial charge in [-0.05, 0) is 63.2 Å². The Morgan fingerprint density at radius 3 is 2.89 bits per heavy atom. The molecule has 2 atom stereocenters. The molecule has 0 saturated carbocycles. The Morgan fingerprint density at radius 2 is 2.22 bits per heavy atom. The van der Waals surface area contributed by atoms with Gasteiger partial charge in [0.2, 0.25) is 0 Å². The minimum absolute atomic E-state index is 0.0899. The van der Waals surface area contributed by atoms with Crippen LogP contribution in [0.4, 0.5) is 4.39 Å². The van der Waals surface area contributed by atoms with Gasteiger partial charge in [-0.15, -0.1) is 0 Å². The summed E-state index contributed by atoms with van der Waals surface area (Å²) in [5, 5.41) is 13.5. The largest absolute Gasteiger partial charge is 0.374 e. The van der Waals surface area contributed by atoms with E-state index in [1.54, 1.807) is 6.92 Å². The summed E-state index contributed by atoms with van der Waals surface area (Å²) >= 11 is 0. The van der Waals surface area contributed by atoms with Crippen molar-refractivity contribution in [1.29, 1.82) is 0 Å². The molecule has 0 saturated heterocycles. The van der Waals surface area contributed by atoms with E-state index in [9.17, 15) is 9.90 Å². The highest BCUT2D eigenvalue weighted by Gasteiger charge is 2.25. The van der Waals surface area contributed by atoms with E-state index in [0.717, 1.165) is 35.1 Å². The van der Waals surface area contributed by atoms with Crippen LogP contribution in [0, 0.1) is 31.5 Å². The number of aromatic amines is 1. The first-order valence-corrected chi connectivity index (χ1v) is 9.01. The molecule has 1 aromatic heterocycles. The third kappa shape index (κ3) is 3.61. The number of hydrogen-bond acceptors (Lipinski definition) is 3. The highest BCUT2D eigenvalue weighted by atomic mass is 19.1. The van der Waals surface area contributed by atoms with Gasteiger partial charge in [0.05, 0.1) is 5.52 Å². The average molecular weight is 369 g/mol. The third-order valence-electron chi connectivity index (χ3n) is 5.15. The topological polar surface area (TPSA) is 91.1 Å². The number of nitrogens with two attached hydrogens (primary N) is 1. The van der Waals surface area contributed by atoms with E-state index in [-0.39, 0.29) is 11.9 Å². The zero-order valence-corrected chi connectivity index (χ0v) is 15.7. The van der Waals surface area contributed by atoms with Crippen LogP contribution in [0.1, 0.15) is 54.8 Å². The van der Waals surface area contributed by atoms with Gasteiger partial charge in [0.25, 0.3) is 5.91 Å². The van der Waals surface area contributed by atoms with Crippen LogP contribution >= 0.6 is 0 Å². The van der Waals surface area contributed by atoms with Crippen molar-refractivity contribution in [3.8, 4) is 11.8 Å². The highest BCUT2D eigenvalue weighted by Crippen LogP contribution is 2.38. The van der Waals surface area contributed by atoms with Gasteiger partial charge >= 0.3 is 0 Å². The van der Waals surface area contributed by atoms with E-state index in [2.05, 4.69) is 22.1 Å². The molecule has 3 rings (SSSR count). The minimum atomic E-state index is -1.27. The smallest absolute Gasteiger partial charge is 0.296 e. The van der Waals surface area contributed by atoms with Crippen LogP contribution in [-0.4, -0.2) is 22.0 Å². The van der Waals surface area contributed by atoms with Gasteiger partial charge in [0.1, 0.15) is 12.0 Å². The predicted octanol–water partition coefficient (Wildman–Crippen LogP) is 2.95. The zero-order valence-electron chi connectivity index (χ0n) is 15.7. The Bertz CT molecular complexity index is 992. The first-order chi connectivity index (χ1) is 12.8. The van der Waals surface area contributed by atoms with Crippen molar-refractivity contribution in [2.45, 2.75) is 52.3 Å². The minimum Gasteiger partial charge on any atom is -0.374 e. The zero-order chi connectivity index (χ0) is 19.7. The van der Waals surface area contributed by atoms with Crippen molar-refractivity contribution in [3.05, 3.63) is 40.3 Å². The summed E-state index contributed by atoms with van der Waals surface area (Å²) < 4.78 is 15.1. The van der Waals surface area contributed by atoms with Crippen molar-refractivity contribution >= 4 is 22.4 Å². The van der Waals surface area contributed by atoms with Gasteiger partial charge in [0, 0.05) is 28.2 Å². The van der Waals surface area contributed by atoms with Crippen LogP contribution in [-0.2, 0) is 4.79 Å². The molecule has 1 amide bonds. The number of fused-ring (bicyclic) bond motifs is 1. The number of carbonyl (C=O) groups excluding carboxylic acids is 1. The molecular weight excluding hydrogens is 345 g/mol. The van der Waals surface area contributed by atoms with Gasteiger partial charge in [-0.2, -0.15) is 0 Å². The van der Waals surface area contributed by atoms with Crippen molar-refractivity contribution in [1.82, 2.24) is 10.3 Å². The first-order valence-electron chi connectivity index (χ1n) is 9.01. The molecule has 0 radical (unpaired) electrons. The Hall–Kier alpha value is -2.62. The number of aromatic nitrogens is 1. The number of aryl methyl sites for hydroxylation is 2. The second kappa shape index (κ2) is 7.55. The molecule has 1 unspecified atom stereocenters. The summed E-state index contributed by atoms with van der Waals surface area (Å²) in [7, 11) is 0. The molecule has 6 heteroatoms. The molecule has 0 bridgehead atoms. The van der Waals surface area contributed by atoms with Crippen LogP contribution in [0.3, 0.4) is 0 Å². The maximum absolute atomic E-state index is 15.1. The lowest BCUT2D eigenvalue weighted by molar-refractivity contribution is -0.116. The second-order valence-corrected chi connectivity index (χ2v) is 6.95. The number of H-pyrrole nitrogens is 1. The Morgan fingerprint density at radius 1 is 1.48 bits per heavy atom. The van der Waals surface area contributed by atoms with Gasteiger partial charge < -0.3 is 21.1 Å². The summed E-state index contributed by atoms with van der Waals surface area (Å²) in [5.74, 6) is 4.33.